The summed E-state index contributed by atoms with van der Waals surface area (Å²) in [6, 6.07) is 11.8. The van der Waals surface area contributed by atoms with E-state index in [4.69, 9.17) is 18.9 Å². The lowest BCUT2D eigenvalue weighted by molar-refractivity contribution is -0.139. The Balaban J connectivity index is 1.92. The van der Waals surface area contributed by atoms with Crippen LogP contribution in [0.1, 0.15) is 0 Å². The molecular formula is C22H22O8S. The Morgan fingerprint density at radius 3 is 1.35 bits per heavy atom. The van der Waals surface area contributed by atoms with Crippen LogP contribution in [0.15, 0.2) is 83.6 Å². The van der Waals surface area contributed by atoms with Gasteiger partial charge in [-0.05, 0) is 48.5 Å². The molecule has 8 nitrogen and oxygen atoms in total. The van der Waals surface area contributed by atoms with Gasteiger partial charge in [0.1, 0.15) is 37.9 Å². The number of esters is 2. The molecule has 0 aliphatic rings. The van der Waals surface area contributed by atoms with Crippen LogP contribution in [0.5, 0.6) is 11.5 Å². The van der Waals surface area contributed by atoms with Crippen LogP contribution in [-0.2, 0) is 28.9 Å². The van der Waals surface area contributed by atoms with Crippen LogP contribution in [0.3, 0.4) is 0 Å². The number of hydrogen-bond acceptors (Lipinski definition) is 8. The van der Waals surface area contributed by atoms with Gasteiger partial charge in [-0.15, -0.1) is 0 Å². The summed E-state index contributed by atoms with van der Waals surface area (Å²) < 4.78 is 45.9. The normalized spacial score (nSPS) is 10.6. The summed E-state index contributed by atoms with van der Waals surface area (Å²) in [4.78, 5) is 22.1. The monoisotopic (exact) mass is 446 g/mol. The van der Waals surface area contributed by atoms with Crippen molar-refractivity contribution in [3.05, 3.63) is 73.8 Å². The number of carbonyl (C=O) groups excluding carboxylic acids is 2. The molecule has 0 N–H and O–H groups in total. The van der Waals surface area contributed by atoms with E-state index in [1.165, 1.54) is 48.5 Å². The van der Waals surface area contributed by atoms with Crippen molar-refractivity contribution in [2.75, 3.05) is 26.4 Å². The third-order valence-electron chi connectivity index (χ3n) is 3.79. The fraction of sp³-hybridized carbons (Fsp3) is 0.182. The van der Waals surface area contributed by atoms with Crippen molar-refractivity contribution in [2.24, 2.45) is 0 Å². The van der Waals surface area contributed by atoms with Gasteiger partial charge in [0.2, 0.25) is 9.84 Å². The minimum absolute atomic E-state index is 0.0516. The van der Waals surface area contributed by atoms with E-state index >= 15 is 0 Å². The molecule has 2 rings (SSSR count). The molecule has 0 saturated carbocycles. The minimum atomic E-state index is -3.72. The van der Waals surface area contributed by atoms with E-state index < -0.39 is 21.8 Å². The zero-order chi connectivity index (χ0) is 22.7. The van der Waals surface area contributed by atoms with Gasteiger partial charge < -0.3 is 18.9 Å². The molecular weight excluding hydrogens is 424 g/mol. The van der Waals surface area contributed by atoms with Crippen LogP contribution >= 0.6 is 0 Å². The largest absolute Gasteiger partial charge is 0.490 e. The molecule has 0 amide bonds. The molecule has 0 unspecified atom stereocenters. The van der Waals surface area contributed by atoms with Crippen LogP contribution in [0, 0.1) is 0 Å². The molecule has 0 aromatic heterocycles. The van der Waals surface area contributed by atoms with E-state index in [2.05, 4.69) is 13.2 Å². The Kier molecular flexibility index (Phi) is 8.83. The van der Waals surface area contributed by atoms with Gasteiger partial charge in [-0.3, -0.25) is 0 Å². The Hall–Kier alpha value is -3.59. The molecule has 0 spiro atoms. The van der Waals surface area contributed by atoms with Gasteiger partial charge in [0.15, 0.2) is 0 Å². The highest BCUT2D eigenvalue weighted by Gasteiger charge is 2.17. The highest BCUT2D eigenvalue weighted by atomic mass is 32.2. The fourth-order valence-corrected chi connectivity index (χ4v) is 3.55. The Morgan fingerprint density at radius 1 is 0.677 bits per heavy atom. The number of hydrogen-bond donors (Lipinski definition) is 0. The lowest BCUT2D eigenvalue weighted by Gasteiger charge is -2.09. The van der Waals surface area contributed by atoms with Gasteiger partial charge in [0.25, 0.3) is 0 Å². The van der Waals surface area contributed by atoms with Crippen LogP contribution in [0.2, 0.25) is 0 Å². The smallest absolute Gasteiger partial charge is 0.330 e. The molecule has 2 aromatic carbocycles. The Labute approximate surface area is 180 Å². The maximum absolute atomic E-state index is 12.8. The zero-order valence-electron chi connectivity index (χ0n) is 16.7. The molecule has 0 bridgehead atoms. The molecule has 0 atom stereocenters. The number of sulfone groups is 1. The average molecular weight is 446 g/mol. The standard InChI is InChI=1S/C22H22O8S/c1-3-21(23)29-15-13-27-17-5-9-19(10-6-17)31(25,26)20-11-7-18(8-12-20)28-14-16-30-22(24)4-2/h3-12H,1-2,13-16H2. The second-order valence-corrected chi connectivity index (χ2v) is 7.84. The highest BCUT2D eigenvalue weighted by Crippen LogP contribution is 2.25. The van der Waals surface area contributed by atoms with Gasteiger partial charge >= 0.3 is 11.9 Å². The zero-order valence-corrected chi connectivity index (χ0v) is 17.5. The molecule has 0 aliphatic heterocycles. The van der Waals surface area contributed by atoms with Gasteiger partial charge in [0.05, 0.1) is 9.79 Å². The summed E-state index contributed by atoms with van der Waals surface area (Å²) in [5.41, 5.74) is 0. The topological polar surface area (TPSA) is 105 Å². The second-order valence-electron chi connectivity index (χ2n) is 5.89. The van der Waals surface area contributed by atoms with Crippen molar-refractivity contribution in [3.8, 4) is 11.5 Å². The third-order valence-corrected chi connectivity index (χ3v) is 5.58. The Bertz CT molecular complexity index is 931. The van der Waals surface area contributed by atoms with E-state index in [1.807, 2.05) is 0 Å². The van der Waals surface area contributed by atoms with Crippen molar-refractivity contribution < 1.29 is 37.0 Å². The Morgan fingerprint density at radius 2 is 1.03 bits per heavy atom. The molecule has 0 aliphatic carbocycles. The van der Waals surface area contributed by atoms with E-state index in [9.17, 15) is 18.0 Å². The molecule has 0 heterocycles. The summed E-state index contributed by atoms with van der Waals surface area (Å²) in [6.45, 7) is 6.93. The van der Waals surface area contributed by atoms with Gasteiger partial charge in [-0.2, -0.15) is 0 Å². The maximum Gasteiger partial charge on any atom is 0.330 e. The minimum Gasteiger partial charge on any atom is -0.490 e. The third kappa shape index (κ3) is 7.31. The van der Waals surface area contributed by atoms with E-state index in [0.29, 0.717) is 11.5 Å². The lowest BCUT2D eigenvalue weighted by Crippen LogP contribution is -2.10. The van der Waals surface area contributed by atoms with Crippen molar-refractivity contribution in [1.29, 1.82) is 0 Å². The van der Waals surface area contributed by atoms with E-state index in [-0.39, 0.29) is 36.2 Å². The molecule has 0 fully saturated rings. The summed E-state index contributed by atoms with van der Waals surface area (Å²) in [7, 11) is -3.72. The van der Waals surface area contributed by atoms with E-state index in [0.717, 1.165) is 12.2 Å². The first-order valence-electron chi connectivity index (χ1n) is 9.16. The quantitative estimate of drug-likeness (QED) is 0.278. The summed E-state index contributed by atoms with van der Waals surface area (Å²) >= 11 is 0. The lowest BCUT2D eigenvalue weighted by atomic mass is 10.3. The highest BCUT2D eigenvalue weighted by molar-refractivity contribution is 7.91. The first-order valence-corrected chi connectivity index (χ1v) is 10.6. The van der Waals surface area contributed by atoms with Crippen molar-refractivity contribution >= 4 is 21.8 Å². The maximum atomic E-state index is 12.8. The van der Waals surface area contributed by atoms with E-state index in [1.54, 1.807) is 0 Å². The number of benzene rings is 2. The number of carbonyl (C=O) groups is 2. The van der Waals surface area contributed by atoms with Crippen LogP contribution < -0.4 is 9.47 Å². The second kappa shape index (κ2) is 11.6. The number of rotatable bonds is 12. The molecule has 2 aromatic rings. The average Bonchev–Trinajstić information content (AvgIpc) is 2.79. The van der Waals surface area contributed by atoms with Crippen molar-refractivity contribution in [1.82, 2.24) is 0 Å². The first kappa shape index (κ1) is 23.7. The first-order chi connectivity index (χ1) is 14.9. The SMILES string of the molecule is C=CC(=O)OCCOc1ccc(S(=O)(=O)c2ccc(OCCOC(=O)C=C)cc2)cc1. The predicted molar refractivity (Wildman–Crippen MR) is 112 cm³/mol. The summed E-state index contributed by atoms with van der Waals surface area (Å²) in [5.74, 6) is -0.209. The molecule has 164 valence electrons. The molecule has 0 saturated heterocycles. The van der Waals surface area contributed by atoms with Gasteiger partial charge in [-0.1, -0.05) is 13.2 Å². The summed E-state index contributed by atoms with van der Waals surface area (Å²) in [6.07, 6.45) is 2.11. The molecule has 0 radical (unpaired) electrons. The van der Waals surface area contributed by atoms with Gasteiger partial charge in [0, 0.05) is 12.2 Å². The predicted octanol–water partition coefficient (Wildman–Crippen LogP) is 2.74. The van der Waals surface area contributed by atoms with Crippen LogP contribution in [0.4, 0.5) is 0 Å². The molecule has 31 heavy (non-hydrogen) atoms. The van der Waals surface area contributed by atoms with Crippen molar-refractivity contribution in [3.63, 3.8) is 0 Å². The van der Waals surface area contributed by atoms with Crippen LogP contribution in [-0.4, -0.2) is 46.8 Å². The summed E-state index contributed by atoms with van der Waals surface area (Å²) in [5, 5.41) is 0. The van der Waals surface area contributed by atoms with Gasteiger partial charge in [-0.25, -0.2) is 18.0 Å². The fourth-order valence-electron chi connectivity index (χ4n) is 2.29. The molecule has 9 heteroatoms. The van der Waals surface area contributed by atoms with Crippen LogP contribution in [0.25, 0.3) is 0 Å². The van der Waals surface area contributed by atoms with Crippen molar-refractivity contribution in [2.45, 2.75) is 9.79 Å². The number of ether oxygens (including phenoxy) is 4.